The molecule has 0 aliphatic heterocycles. The molecule has 162 valence electrons. The molecule has 0 aromatic heterocycles. The fourth-order valence-corrected chi connectivity index (χ4v) is 3.30. The third kappa shape index (κ3) is 6.53. The van der Waals surface area contributed by atoms with E-state index in [1.54, 1.807) is 25.3 Å². The minimum atomic E-state index is -0.701. The predicted molar refractivity (Wildman–Crippen MR) is 122 cm³/mol. The Hall–Kier alpha value is -3.95. The van der Waals surface area contributed by atoms with Crippen LogP contribution in [0.4, 0.5) is 0 Å². The molecular formula is C26H25N3O3. The highest BCUT2D eigenvalue weighted by molar-refractivity contribution is 5.98. The molecule has 32 heavy (non-hydrogen) atoms. The van der Waals surface area contributed by atoms with Gasteiger partial charge in [-0.2, -0.15) is 5.26 Å². The molecule has 0 unspecified atom stereocenters. The smallest absolute Gasteiger partial charge is 0.251 e. The van der Waals surface area contributed by atoms with Crippen LogP contribution < -0.4 is 15.4 Å². The van der Waals surface area contributed by atoms with Gasteiger partial charge in [0.25, 0.3) is 5.91 Å². The number of amides is 1. The standard InChI is InChI=1S/C26H25N3O3/c1-32-23-12-6-10-21(14-23)17-28-18-25(30)24(15-19-7-3-2-4-8-19)29-26(31)22-11-5-9-20(13-22)16-27/h2-14,24,28H,15,17-18H2,1H3,(H,29,31)/t24-/m0/s1. The average Bonchev–Trinajstić information content (AvgIpc) is 2.84. The van der Waals surface area contributed by atoms with E-state index in [0.29, 0.717) is 24.1 Å². The van der Waals surface area contributed by atoms with Gasteiger partial charge in [-0.15, -0.1) is 0 Å². The lowest BCUT2D eigenvalue weighted by molar-refractivity contribution is -0.120. The van der Waals surface area contributed by atoms with Gasteiger partial charge in [0.05, 0.1) is 31.3 Å². The van der Waals surface area contributed by atoms with Crippen LogP contribution in [-0.4, -0.2) is 31.4 Å². The molecule has 0 aliphatic rings. The number of hydrogen-bond acceptors (Lipinski definition) is 5. The summed E-state index contributed by atoms with van der Waals surface area (Å²) in [6.07, 6.45) is 0.379. The van der Waals surface area contributed by atoms with Gasteiger partial charge in [0.1, 0.15) is 5.75 Å². The van der Waals surface area contributed by atoms with Crippen molar-refractivity contribution in [2.24, 2.45) is 0 Å². The fraction of sp³-hybridized carbons (Fsp3) is 0.192. The van der Waals surface area contributed by atoms with E-state index >= 15 is 0 Å². The van der Waals surface area contributed by atoms with E-state index in [4.69, 9.17) is 10.00 Å². The molecular weight excluding hydrogens is 402 g/mol. The number of Topliss-reactive ketones (excluding diaryl/α,β-unsaturated/α-hetero) is 1. The molecule has 0 saturated carbocycles. The molecule has 6 nitrogen and oxygen atoms in total. The first-order valence-corrected chi connectivity index (χ1v) is 10.3. The quantitative estimate of drug-likeness (QED) is 0.518. The van der Waals surface area contributed by atoms with Crippen molar-refractivity contribution in [3.8, 4) is 11.8 Å². The molecule has 3 rings (SSSR count). The van der Waals surface area contributed by atoms with Gasteiger partial charge in [-0.25, -0.2) is 0 Å². The highest BCUT2D eigenvalue weighted by atomic mass is 16.5. The predicted octanol–water partition coefficient (Wildman–Crippen LogP) is 3.27. The second-order valence-electron chi connectivity index (χ2n) is 7.33. The Morgan fingerprint density at radius 3 is 2.47 bits per heavy atom. The molecule has 0 radical (unpaired) electrons. The van der Waals surface area contributed by atoms with Crippen LogP contribution in [0.2, 0.25) is 0 Å². The zero-order chi connectivity index (χ0) is 22.8. The minimum absolute atomic E-state index is 0.104. The lowest BCUT2D eigenvalue weighted by Gasteiger charge is -2.18. The van der Waals surface area contributed by atoms with E-state index in [9.17, 15) is 9.59 Å². The van der Waals surface area contributed by atoms with Gasteiger partial charge in [-0.1, -0.05) is 48.5 Å². The number of benzene rings is 3. The third-order valence-electron chi connectivity index (χ3n) is 4.99. The van der Waals surface area contributed by atoms with Crippen molar-refractivity contribution < 1.29 is 14.3 Å². The van der Waals surface area contributed by atoms with Gasteiger partial charge in [0.15, 0.2) is 5.78 Å². The molecule has 0 fully saturated rings. The van der Waals surface area contributed by atoms with Crippen LogP contribution in [0.15, 0.2) is 78.9 Å². The van der Waals surface area contributed by atoms with Crippen molar-refractivity contribution >= 4 is 11.7 Å². The third-order valence-corrected chi connectivity index (χ3v) is 4.99. The van der Waals surface area contributed by atoms with Crippen LogP contribution in [-0.2, 0) is 17.8 Å². The summed E-state index contributed by atoms with van der Waals surface area (Å²) in [5.41, 5.74) is 2.68. The maximum absolute atomic E-state index is 13.0. The molecule has 2 N–H and O–H groups in total. The first kappa shape index (κ1) is 22.7. The van der Waals surface area contributed by atoms with Crippen LogP contribution in [0, 0.1) is 11.3 Å². The van der Waals surface area contributed by atoms with E-state index < -0.39 is 6.04 Å². The van der Waals surface area contributed by atoms with Crippen molar-refractivity contribution in [1.29, 1.82) is 5.26 Å². The lowest BCUT2D eigenvalue weighted by atomic mass is 10.0. The van der Waals surface area contributed by atoms with E-state index in [1.807, 2.05) is 60.7 Å². The topological polar surface area (TPSA) is 91.2 Å². The van der Waals surface area contributed by atoms with Gasteiger partial charge in [-0.05, 0) is 47.9 Å². The number of carbonyl (C=O) groups excluding carboxylic acids is 2. The first-order chi connectivity index (χ1) is 15.6. The Balaban J connectivity index is 1.67. The number of rotatable bonds is 10. The monoisotopic (exact) mass is 427 g/mol. The van der Waals surface area contributed by atoms with Crippen LogP contribution in [0.5, 0.6) is 5.75 Å². The van der Waals surface area contributed by atoms with E-state index in [2.05, 4.69) is 10.6 Å². The maximum atomic E-state index is 13.0. The van der Waals surface area contributed by atoms with Crippen molar-refractivity contribution in [2.45, 2.75) is 19.0 Å². The van der Waals surface area contributed by atoms with Crippen molar-refractivity contribution in [3.05, 3.63) is 101 Å². The fourth-order valence-electron chi connectivity index (χ4n) is 3.30. The zero-order valence-corrected chi connectivity index (χ0v) is 17.9. The molecule has 0 saturated heterocycles. The second-order valence-corrected chi connectivity index (χ2v) is 7.33. The number of nitriles is 1. The van der Waals surface area contributed by atoms with Crippen LogP contribution in [0.3, 0.4) is 0 Å². The maximum Gasteiger partial charge on any atom is 0.251 e. The number of carbonyl (C=O) groups is 2. The summed E-state index contributed by atoms with van der Waals surface area (Å²) in [6.45, 7) is 0.604. The first-order valence-electron chi connectivity index (χ1n) is 10.3. The molecule has 0 spiro atoms. The summed E-state index contributed by atoms with van der Waals surface area (Å²) in [5, 5.41) is 15.1. The van der Waals surface area contributed by atoms with Crippen molar-refractivity contribution in [3.63, 3.8) is 0 Å². The average molecular weight is 428 g/mol. The zero-order valence-electron chi connectivity index (χ0n) is 17.9. The highest BCUT2D eigenvalue weighted by Gasteiger charge is 2.21. The summed E-state index contributed by atoms with van der Waals surface area (Å²) in [6, 6.07) is 24.9. The van der Waals surface area contributed by atoms with Crippen LogP contribution in [0.1, 0.15) is 27.0 Å². The largest absolute Gasteiger partial charge is 0.497 e. The van der Waals surface area contributed by atoms with Gasteiger partial charge in [0.2, 0.25) is 0 Å². The Kier molecular flexibility index (Phi) is 8.13. The summed E-state index contributed by atoms with van der Waals surface area (Å²) < 4.78 is 5.23. The molecule has 3 aromatic rings. The Morgan fingerprint density at radius 1 is 0.969 bits per heavy atom. The molecule has 1 atom stereocenters. The molecule has 3 aromatic carbocycles. The Bertz CT molecular complexity index is 1110. The Morgan fingerprint density at radius 2 is 1.72 bits per heavy atom. The van der Waals surface area contributed by atoms with Gasteiger partial charge in [-0.3, -0.25) is 9.59 Å². The number of ketones is 1. The van der Waals surface area contributed by atoms with Crippen molar-refractivity contribution in [2.75, 3.05) is 13.7 Å². The summed E-state index contributed by atoms with van der Waals surface area (Å²) in [5.74, 6) is 0.246. The van der Waals surface area contributed by atoms with Crippen LogP contribution >= 0.6 is 0 Å². The number of hydrogen-bond donors (Lipinski definition) is 2. The molecule has 0 heterocycles. The number of nitrogens with zero attached hydrogens (tertiary/aromatic N) is 1. The lowest BCUT2D eigenvalue weighted by Crippen LogP contribution is -2.45. The number of methoxy groups -OCH3 is 1. The minimum Gasteiger partial charge on any atom is -0.497 e. The molecule has 6 heteroatoms. The molecule has 0 aliphatic carbocycles. The summed E-state index contributed by atoms with van der Waals surface area (Å²) >= 11 is 0. The summed E-state index contributed by atoms with van der Waals surface area (Å²) in [7, 11) is 1.61. The van der Waals surface area contributed by atoms with Gasteiger partial charge < -0.3 is 15.4 Å². The van der Waals surface area contributed by atoms with Crippen molar-refractivity contribution in [1.82, 2.24) is 10.6 Å². The van der Waals surface area contributed by atoms with Gasteiger partial charge >= 0.3 is 0 Å². The second kappa shape index (κ2) is 11.4. The molecule has 1 amide bonds. The highest BCUT2D eigenvalue weighted by Crippen LogP contribution is 2.12. The SMILES string of the molecule is COc1cccc(CNCC(=O)[C@H](Cc2ccccc2)NC(=O)c2cccc(C#N)c2)c1. The van der Waals surface area contributed by atoms with Crippen LogP contribution in [0.25, 0.3) is 0 Å². The number of nitrogens with one attached hydrogen (secondary N) is 2. The van der Waals surface area contributed by atoms with Gasteiger partial charge in [0, 0.05) is 12.1 Å². The van der Waals surface area contributed by atoms with E-state index in [-0.39, 0.29) is 18.2 Å². The van der Waals surface area contributed by atoms with E-state index in [0.717, 1.165) is 16.9 Å². The number of ether oxygens (including phenoxy) is 1. The normalized spacial score (nSPS) is 11.2. The Labute approximate surface area is 187 Å². The van der Waals surface area contributed by atoms with E-state index in [1.165, 1.54) is 6.07 Å². The summed E-state index contributed by atoms with van der Waals surface area (Å²) in [4.78, 5) is 25.8. The molecule has 0 bridgehead atoms.